The fraction of sp³-hybridized carbons (Fsp3) is 0.333. The lowest BCUT2D eigenvalue weighted by molar-refractivity contribution is 0.244. The van der Waals surface area contributed by atoms with Gasteiger partial charge in [0.05, 0.1) is 17.6 Å². The van der Waals surface area contributed by atoms with Crippen LogP contribution in [0.15, 0.2) is 150 Å². The van der Waals surface area contributed by atoms with Crippen LogP contribution in [-0.4, -0.2) is 17.0 Å². The predicted octanol–water partition coefficient (Wildman–Crippen LogP) is 12.4. The van der Waals surface area contributed by atoms with Crippen molar-refractivity contribution < 1.29 is 0 Å². The molecule has 5 atom stereocenters. The standard InChI is InChI=1S/C48H54N2/c1-32(2)37-23-27-44-43(30-37)47(49(39-15-11-9-12-16-39)46-28-21-35(6)29-36(46)7)42-26-22-38(33(3)4)31-45(42)48(44,8)50(40-17-13-10-14-18-40)41-24-19-34(5)20-25-41/h9-15,17-33,36,39,44,46H,16H2,1-8H3. The van der Waals surface area contributed by atoms with Gasteiger partial charge in [-0.05, 0) is 91.5 Å². The van der Waals surface area contributed by atoms with E-state index < -0.39 is 5.54 Å². The molecule has 5 unspecified atom stereocenters. The third kappa shape index (κ3) is 5.97. The topological polar surface area (TPSA) is 6.48 Å². The van der Waals surface area contributed by atoms with E-state index in [1.54, 1.807) is 0 Å². The van der Waals surface area contributed by atoms with E-state index in [1.165, 1.54) is 56.0 Å². The zero-order valence-electron chi connectivity index (χ0n) is 31.3. The number of fused-ring (bicyclic) bond motifs is 2. The Kier molecular flexibility index (Phi) is 9.24. The molecule has 0 aromatic heterocycles. The molecular weight excluding hydrogens is 605 g/mol. The second kappa shape index (κ2) is 13.6. The van der Waals surface area contributed by atoms with Crippen LogP contribution >= 0.6 is 0 Å². The Bertz CT molecular complexity index is 1940. The molecule has 0 fully saturated rings. The SMILES string of the molecule is CC1=CC(C)C(N(C2=C3C=C(C(C)C)C=CC3C(C)(N(c3ccccc3)c3ccc(C)cc3)c3cc(C(C)C)ccc32)C2C=CC=CC2)C=C1. The number of hydrogen-bond donors (Lipinski definition) is 0. The monoisotopic (exact) mass is 658 g/mol. The molecule has 0 saturated carbocycles. The number of anilines is 2. The van der Waals surface area contributed by atoms with E-state index in [2.05, 4.69) is 199 Å². The van der Waals surface area contributed by atoms with Crippen molar-refractivity contribution in [3.63, 3.8) is 0 Å². The highest BCUT2D eigenvalue weighted by Crippen LogP contribution is 2.56. The lowest BCUT2D eigenvalue weighted by Gasteiger charge is -2.54. The van der Waals surface area contributed by atoms with Crippen molar-refractivity contribution in [3.05, 3.63) is 173 Å². The van der Waals surface area contributed by atoms with E-state index in [1.807, 2.05) is 0 Å². The summed E-state index contributed by atoms with van der Waals surface area (Å²) in [4.78, 5) is 5.43. The predicted molar refractivity (Wildman–Crippen MR) is 214 cm³/mol. The highest BCUT2D eigenvalue weighted by molar-refractivity contribution is 5.82. The molecule has 2 heteroatoms. The molecule has 7 rings (SSSR count). The molecule has 0 radical (unpaired) electrons. The molecule has 0 N–H and O–H groups in total. The molecule has 0 bridgehead atoms. The molecule has 3 aromatic carbocycles. The maximum absolute atomic E-state index is 2.80. The van der Waals surface area contributed by atoms with Crippen molar-refractivity contribution in [1.29, 1.82) is 0 Å². The number of nitrogens with zero attached hydrogens (tertiary/aromatic N) is 2. The molecule has 0 aliphatic heterocycles. The normalized spacial score (nSPS) is 25.4. The van der Waals surface area contributed by atoms with Gasteiger partial charge >= 0.3 is 0 Å². The fourth-order valence-corrected chi connectivity index (χ4v) is 8.72. The van der Waals surface area contributed by atoms with E-state index in [-0.39, 0.29) is 18.0 Å². The number of benzene rings is 3. The summed E-state index contributed by atoms with van der Waals surface area (Å²) in [6.07, 6.45) is 25.0. The summed E-state index contributed by atoms with van der Waals surface area (Å²) >= 11 is 0. The van der Waals surface area contributed by atoms with Crippen LogP contribution in [0.4, 0.5) is 11.4 Å². The van der Waals surface area contributed by atoms with Crippen LogP contribution in [0, 0.1) is 24.7 Å². The smallest absolute Gasteiger partial charge is 0.0784 e. The van der Waals surface area contributed by atoms with Gasteiger partial charge in [0.25, 0.3) is 0 Å². The van der Waals surface area contributed by atoms with Crippen LogP contribution in [0.25, 0.3) is 5.70 Å². The van der Waals surface area contributed by atoms with Gasteiger partial charge in [-0.15, -0.1) is 0 Å². The quantitative estimate of drug-likeness (QED) is 0.238. The van der Waals surface area contributed by atoms with Gasteiger partial charge in [0.15, 0.2) is 0 Å². The number of allylic oxidation sites excluding steroid dienone is 7. The zero-order valence-corrected chi connectivity index (χ0v) is 31.3. The molecule has 256 valence electrons. The Morgan fingerprint density at radius 1 is 0.780 bits per heavy atom. The van der Waals surface area contributed by atoms with Crippen molar-refractivity contribution in [2.24, 2.45) is 17.8 Å². The van der Waals surface area contributed by atoms with Crippen molar-refractivity contribution in [2.45, 2.75) is 85.4 Å². The highest BCUT2D eigenvalue weighted by Gasteiger charge is 2.50. The lowest BCUT2D eigenvalue weighted by Crippen LogP contribution is -2.52. The molecule has 0 saturated heterocycles. The number of hydrogen-bond acceptors (Lipinski definition) is 2. The zero-order chi connectivity index (χ0) is 35.2. The summed E-state index contributed by atoms with van der Waals surface area (Å²) in [5.41, 5.74) is 12.9. The van der Waals surface area contributed by atoms with Gasteiger partial charge in [0, 0.05) is 28.6 Å². The first-order chi connectivity index (χ1) is 24.1. The average molecular weight is 659 g/mol. The first-order valence-corrected chi connectivity index (χ1v) is 18.8. The van der Waals surface area contributed by atoms with Gasteiger partial charge in [-0.25, -0.2) is 0 Å². The maximum Gasteiger partial charge on any atom is 0.0784 e. The Labute approximate surface area is 301 Å². The van der Waals surface area contributed by atoms with Gasteiger partial charge in [-0.2, -0.15) is 0 Å². The third-order valence-electron chi connectivity index (χ3n) is 11.5. The summed E-state index contributed by atoms with van der Waals surface area (Å²) in [6, 6.07) is 28.1. The molecule has 0 spiro atoms. The molecular formula is C48H54N2. The van der Waals surface area contributed by atoms with Crippen LogP contribution < -0.4 is 4.90 Å². The third-order valence-corrected chi connectivity index (χ3v) is 11.5. The largest absolute Gasteiger partial charge is 0.357 e. The molecule has 3 aromatic rings. The molecule has 2 nitrogen and oxygen atoms in total. The van der Waals surface area contributed by atoms with Gasteiger partial charge < -0.3 is 9.80 Å². The van der Waals surface area contributed by atoms with Crippen molar-refractivity contribution in [3.8, 4) is 0 Å². The Balaban J connectivity index is 1.57. The summed E-state index contributed by atoms with van der Waals surface area (Å²) < 4.78 is 0. The van der Waals surface area contributed by atoms with Gasteiger partial charge in [-0.3, -0.25) is 0 Å². The Morgan fingerprint density at radius 3 is 2.18 bits per heavy atom. The summed E-state index contributed by atoms with van der Waals surface area (Å²) in [7, 11) is 0. The van der Waals surface area contributed by atoms with Crippen LogP contribution in [0.1, 0.15) is 83.1 Å². The van der Waals surface area contributed by atoms with Crippen molar-refractivity contribution >= 4 is 17.1 Å². The summed E-state index contributed by atoms with van der Waals surface area (Å²) in [5.74, 6) is 1.30. The first-order valence-electron chi connectivity index (χ1n) is 18.8. The van der Waals surface area contributed by atoms with Crippen LogP contribution in [-0.2, 0) is 5.54 Å². The lowest BCUT2D eigenvalue weighted by atomic mass is 9.64. The Hall–Kier alpha value is -4.56. The molecule has 50 heavy (non-hydrogen) atoms. The fourth-order valence-electron chi connectivity index (χ4n) is 8.72. The van der Waals surface area contributed by atoms with Crippen LogP contribution in [0.2, 0.25) is 0 Å². The van der Waals surface area contributed by atoms with Crippen molar-refractivity contribution in [2.75, 3.05) is 4.90 Å². The number of aryl methyl sites for hydroxylation is 1. The summed E-state index contributed by atoms with van der Waals surface area (Å²) in [5, 5.41) is 0. The van der Waals surface area contributed by atoms with E-state index in [9.17, 15) is 0 Å². The Morgan fingerprint density at radius 2 is 1.52 bits per heavy atom. The summed E-state index contributed by atoms with van der Waals surface area (Å²) in [6.45, 7) is 18.6. The van der Waals surface area contributed by atoms with Crippen molar-refractivity contribution in [1.82, 2.24) is 4.90 Å². The van der Waals surface area contributed by atoms with Gasteiger partial charge in [-0.1, -0.05) is 155 Å². The van der Waals surface area contributed by atoms with Gasteiger partial charge in [0.1, 0.15) is 0 Å². The number of para-hydroxylation sites is 1. The van der Waals surface area contributed by atoms with Crippen LogP contribution in [0.3, 0.4) is 0 Å². The second-order valence-electron chi connectivity index (χ2n) is 15.7. The molecule has 0 heterocycles. The minimum Gasteiger partial charge on any atom is -0.357 e. The second-order valence-corrected chi connectivity index (χ2v) is 15.7. The van der Waals surface area contributed by atoms with E-state index in [0.29, 0.717) is 17.8 Å². The average Bonchev–Trinajstić information content (AvgIpc) is 3.12. The van der Waals surface area contributed by atoms with Gasteiger partial charge in [0.2, 0.25) is 0 Å². The highest BCUT2D eigenvalue weighted by atomic mass is 15.2. The molecule has 4 aliphatic rings. The minimum atomic E-state index is -0.427. The molecule has 0 amide bonds. The maximum atomic E-state index is 2.80. The van der Waals surface area contributed by atoms with E-state index in [4.69, 9.17) is 0 Å². The number of rotatable bonds is 8. The van der Waals surface area contributed by atoms with Crippen LogP contribution in [0.5, 0.6) is 0 Å². The van der Waals surface area contributed by atoms with E-state index >= 15 is 0 Å². The minimum absolute atomic E-state index is 0.0992. The molecule has 4 aliphatic carbocycles. The first kappa shape index (κ1) is 33.9. The van der Waals surface area contributed by atoms with E-state index in [0.717, 1.165) is 6.42 Å².